The monoisotopic (exact) mass is 457 g/mol. The standard InChI is InChI=1S/C24H27N9O/c1-15(2)30-19-10-23(33-24-17(13-29-33)8-16(11-25)12-28-24)27-14-18(19)20-9-22(34-31-20)21-6-4-5-7-32(21)26-3/h8-10,12-15,21,26H,4-7H2,1-3H3,(H,27,30)/t21-/m0/s1. The van der Waals surface area contributed by atoms with Gasteiger partial charge in [0.1, 0.15) is 11.8 Å². The van der Waals surface area contributed by atoms with Gasteiger partial charge in [-0.1, -0.05) is 11.6 Å². The van der Waals surface area contributed by atoms with Crippen molar-refractivity contribution in [3.05, 3.63) is 48.1 Å². The summed E-state index contributed by atoms with van der Waals surface area (Å²) in [5.41, 5.74) is 6.88. The number of fused-ring (bicyclic) bond motifs is 1. The number of aromatic nitrogens is 5. The summed E-state index contributed by atoms with van der Waals surface area (Å²) in [6, 6.07) is 8.19. The summed E-state index contributed by atoms with van der Waals surface area (Å²) < 4.78 is 7.46. The van der Waals surface area contributed by atoms with Gasteiger partial charge >= 0.3 is 0 Å². The fourth-order valence-electron chi connectivity index (χ4n) is 4.41. The maximum atomic E-state index is 9.14. The second kappa shape index (κ2) is 9.21. The van der Waals surface area contributed by atoms with E-state index in [1.54, 1.807) is 29.3 Å². The van der Waals surface area contributed by atoms with Crippen molar-refractivity contribution in [3.8, 4) is 23.1 Å². The summed E-state index contributed by atoms with van der Waals surface area (Å²) in [5.74, 6) is 1.47. The Bertz CT molecular complexity index is 1350. The Balaban J connectivity index is 1.52. The largest absolute Gasteiger partial charge is 0.382 e. The molecule has 4 aromatic heterocycles. The Morgan fingerprint density at radius 3 is 2.82 bits per heavy atom. The van der Waals surface area contributed by atoms with Crippen LogP contribution in [0.2, 0.25) is 0 Å². The highest BCUT2D eigenvalue weighted by Crippen LogP contribution is 2.34. The number of hydrogen-bond donors (Lipinski definition) is 2. The summed E-state index contributed by atoms with van der Waals surface area (Å²) in [6.45, 7) is 5.15. The van der Waals surface area contributed by atoms with Gasteiger partial charge in [0.25, 0.3) is 0 Å². The van der Waals surface area contributed by atoms with Gasteiger partial charge in [0.15, 0.2) is 17.2 Å². The molecule has 2 N–H and O–H groups in total. The van der Waals surface area contributed by atoms with E-state index in [0.29, 0.717) is 17.0 Å². The summed E-state index contributed by atoms with van der Waals surface area (Å²) in [7, 11) is 1.94. The van der Waals surface area contributed by atoms with Crippen molar-refractivity contribution >= 4 is 16.7 Å². The molecule has 1 aliphatic heterocycles. The van der Waals surface area contributed by atoms with Crippen molar-refractivity contribution < 1.29 is 4.52 Å². The van der Waals surface area contributed by atoms with Gasteiger partial charge in [0.2, 0.25) is 0 Å². The van der Waals surface area contributed by atoms with Crippen molar-refractivity contribution in [1.82, 2.24) is 35.3 Å². The molecule has 1 atom stereocenters. The highest BCUT2D eigenvalue weighted by atomic mass is 16.5. The highest BCUT2D eigenvalue weighted by molar-refractivity contribution is 5.79. The molecular formula is C24H27N9O. The zero-order valence-electron chi connectivity index (χ0n) is 19.5. The molecule has 34 heavy (non-hydrogen) atoms. The van der Waals surface area contributed by atoms with E-state index in [9.17, 15) is 0 Å². The van der Waals surface area contributed by atoms with Gasteiger partial charge < -0.3 is 9.84 Å². The van der Waals surface area contributed by atoms with Crippen LogP contribution in [0.1, 0.15) is 50.5 Å². The van der Waals surface area contributed by atoms with Crippen LogP contribution < -0.4 is 10.7 Å². The van der Waals surface area contributed by atoms with Gasteiger partial charge in [0.05, 0.1) is 17.8 Å². The van der Waals surface area contributed by atoms with Crippen LogP contribution in [0, 0.1) is 11.3 Å². The predicted octanol–water partition coefficient (Wildman–Crippen LogP) is 3.82. The number of hydrazine groups is 1. The van der Waals surface area contributed by atoms with E-state index in [2.05, 4.69) is 55.9 Å². The van der Waals surface area contributed by atoms with Crippen LogP contribution in [0.3, 0.4) is 0 Å². The van der Waals surface area contributed by atoms with E-state index in [-0.39, 0.29) is 12.1 Å². The highest BCUT2D eigenvalue weighted by Gasteiger charge is 2.27. The summed E-state index contributed by atoms with van der Waals surface area (Å²) in [5, 5.41) is 24.5. The van der Waals surface area contributed by atoms with Crippen molar-refractivity contribution in [3.63, 3.8) is 0 Å². The van der Waals surface area contributed by atoms with Crippen LogP contribution in [0.25, 0.3) is 28.1 Å². The lowest BCUT2D eigenvalue weighted by molar-refractivity contribution is 0.0789. The lowest BCUT2D eigenvalue weighted by atomic mass is 10.0. The molecule has 0 aromatic carbocycles. The van der Waals surface area contributed by atoms with Crippen LogP contribution in [0.5, 0.6) is 0 Å². The Labute approximate surface area is 197 Å². The number of rotatable bonds is 6. The third-order valence-electron chi connectivity index (χ3n) is 6.01. The van der Waals surface area contributed by atoms with Crippen molar-refractivity contribution in [2.45, 2.75) is 45.2 Å². The smallest absolute Gasteiger partial charge is 0.164 e. The quantitative estimate of drug-likeness (QED) is 0.445. The summed E-state index contributed by atoms with van der Waals surface area (Å²) in [4.78, 5) is 9.07. The van der Waals surface area contributed by atoms with Gasteiger partial charge in [-0.15, -0.1) is 0 Å². The molecule has 0 saturated carbocycles. The van der Waals surface area contributed by atoms with Gasteiger partial charge in [-0.3, -0.25) is 5.43 Å². The predicted molar refractivity (Wildman–Crippen MR) is 128 cm³/mol. The number of nitrogens with zero attached hydrogens (tertiary/aromatic N) is 7. The second-order valence-corrected chi connectivity index (χ2v) is 8.74. The first kappa shape index (κ1) is 22.0. The number of pyridine rings is 2. The van der Waals surface area contributed by atoms with E-state index >= 15 is 0 Å². The maximum Gasteiger partial charge on any atom is 0.164 e. The zero-order valence-corrected chi connectivity index (χ0v) is 19.5. The van der Waals surface area contributed by atoms with Crippen molar-refractivity contribution in [2.75, 3.05) is 18.9 Å². The second-order valence-electron chi connectivity index (χ2n) is 8.74. The maximum absolute atomic E-state index is 9.14. The van der Waals surface area contributed by atoms with Gasteiger partial charge in [-0.05, 0) is 39.8 Å². The van der Waals surface area contributed by atoms with Gasteiger partial charge in [-0.25, -0.2) is 15.0 Å². The van der Waals surface area contributed by atoms with Gasteiger partial charge in [-0.2, -0.15) is 15.0 Å². The average molecular weight is 458 g/mol. The van der Waals surface area contributed by atoms with Crippen molar-refractivity contribution in [2.24, 2.45) is 0 Å². The molecule has 0 amide bonds. The number of piperidine rings is 1. The van der Waals surface area contributed by atoms with Crippen LogP contribution in [-0.4, -0.2) is 49.5 Å². The molecule has 174 valence electrons. The molecule has 0 aliphatic carbocycles. The van der Waals surface area contributed by atoms with E-state index < -0.39 is 0 Å². The third kappa shape index (κ3) is 4.11. The number of nitriles is 1. The molecular weight excluding hydrogens is 430 g/mol. The molecule has 5 rings (SSSR count). The molecule has 4 aromatic rings. The average Bonchev–Trinajstić information content (AvgIpc) is 3.50. The summed E-state index contributed by atoms with van der Waals surface area (Å²) >= 11 is 0. The van der Waals surface area contributed by atoms with Crippen LogP contribution in [-0.2, 0) is 0 Å². The number of hydrogen-bond acceptors (Lipinski definition) is 9. The van der Waals surface area contributed by atoms with Crippen LogP contribution >= 0.6 is 0 Å². The van der Waals surface area contributed by atoms with Crippen LogP contribution in [0.4, 0.5) is 5.69 Å². The zero-order chi connectivity index (χ0) is 23.7. The minimum absolute atomic E-state index is 0.161. The first-order valence-electron chi connectivity index (χ1n) is 11.5. The minimum atomic E-state index is 0.161. The topological polar surface area (TPSA) is 121 Å². The fraction of sp³-hybridized carbons (Fsp3) is 0.375. The lowest BCUT2D eigenvalue weighted by Crippen LogP contribution is -2.41. The Hall–Kier alpha value is -3.81. The third-order valence-corrected chi connectivity index (χ3v) is 6.01. The fourth-order valence-corrected chi connectivity index (χ4v) is 4.41. The molecule has 10 nitrogen and oxygen atoms in total. The number of anilines is 1. The molecule has 0 spiro atoms. The molecule has 0 bridgehead atoms. The molecule has 1 saturated heterocycles. The van der Waals surface area contributed by atoms with E-state index in [1.165, 1.54) is 6.42 Å². The Morgan fingerprint density at radius 2 is 2.03 bits per heavy atom. The molecule has 0 radical (unpaired) electrons. The van der Waals surface area contributed by atoms with E-state index in [4.69, 9.17) is 9.78 Å². The lowest BCUT2D eigenvalue weighted by Gasteiger charge is -2.32. The normalized spacial score (nSPS) is 16.7. The molecule has 1 fully saturated rings. The molecule has 5 heterocycles. The Morgan fingerprint density at radius 1 is 1.15 bits per heavy atom. The minimum Gasteiger partial charge on any atom is -0.382 e. The van der Waals surface area contributed by atoms with E-state index in [0.717, 1.165) is 47.5 Å². The molecule has 1 aliphatic rings. The van der Waals surface area contributed by atoms with Crippen LogP contribution in [0.15, 0.2) is 41.3 Å². The Kier molecular flexibility index (Phi) is 5.96. The van der Waals surface area contributed by atoms with E-state index in [1.807, 2.05) is 19.2 Å². The SMILES string of the molecule is CNN1CCCC[C@H]1c1cc(-c2cnc(-n3ncc4cc(C#N)cnc43)cc2NC(C)C)no1. The number of nitrogens with one attached hydrogen (secondary N) is 2. The first-order chi connectivity index (χ1) is 16.6. The first-order valence-corrected chi connectivity index (χ1v) is 11.5. The van der Waals surface area contributed by atoms with Crippen molar-refractivity contribution in [1.29, 1.82) is 5.26 Å². The molecule has 0 unspecified atom stereocenters. The molecule has 10 heteroatoms. The van der Waals surface area contributed by atoms with Gasteiger partial charge in [0, 0.05) is 53.8 Å². The summed E-state index contributed by atoms with van der Waals surface area (Å²) in [6.07, 6.45) is 8.37.